The molecule has 0 saturated carbocycles. The average molecular weight is 394 g/mol. The van der Waals surface area contributed by atoms with Crippen LogP contribution >= 0.6 is 0 Å². The molecule has 154 valence electrons. The van der Waals surface area contributed by atoms with E-state index in [2.05, 4.69) is 19.1 Å². The normalized spacial score (nSPS) is 19.6. The van der Waals surface area contributed by atoms with E-state index in [4.69, 9.17) is 14.0 Å². The van der Waals surface area contributed by atoms with Crippen LogP contribution in [0, 0.1) is 0 Å². The summed E-state index contributed by atoms with van der Waals surface area (Å²) in [5, 5.41) is 0. The fourth-order valence-corrected chi connectivity index (χ4v) is 3.58. The summed E-state index contributed by atoms with van der Waals surface area (Å²) < 4.78 is 18.1. The lowest BCUT2D eigenvalue weighted by atomic mass is 9.63. The first-order chi connectivity index (χ1) is 13.7. The second-order valence-corrected chi connectivity index (χ2v) is 8.85. The Hall–Kier alpha value is -2.11. The number of hydrogen-bond acceptors (Lipinski definition) is 4. The molecular weight excluding hydrogens is 363 g/mol. The molecule has 0 unspecified atom stereocenters. The second kappa shape index (κ2) is 8.72. The molecule has 0 spiro atoms. The van der Waals surface area contributed by atoms with Gasteiger partial charge in [0.1, 0.15) is 6.61 Å². The molecule has 0 radical (unpaired) electrons. The molecule has 5 heteroatoms. The van der Waals surface area contributed by atoms with Crippen LogP contribution in [0.4, 0.5) is 0 Å². The van der Waals surface area contributed by atoms with Gasteiger partial charge < -0.3 is 14.0 Å². The van der Waals surface area contributed by atoms with Gasteiger partial charge in [-0.15, -0.1) is 0 Å². The van der Waals surface area contributed by atoms with Gasteiger partial charge in [-0.1, -0.05) is 67.6 Å². The highest BCUT2D eigenvalue weighted by molar-refractivity contribution is 6.47. The minimum atomic E-state index is -0.402. The maximum absolute atomic E-state index is 12.7. The van der Waals surface area contributed by atoms with E-state index in [0.29, 0.717) is 0 Å². The quantitative estimate of drug-likeness (QED) is 0.467. The third-order valence-electron chi connectivity index (χ3n) is 6.19. The maximum atomic E-state index is 12.7. The lowest BCUT2D eigenvalue weighted by Crippen LogP contribution is -2.41. The van der Waals surface area contributed by atoms with Crippen molar-refractivity contribution >= 4 is 13.1 Å². The van der Waals surface area contributed by atoms with Gasteiger partial charge in [0, 0.05) is 0 Å². The van der Waals surface area contributed by atoms with Crippen LogP contribution in [0.15, 0.2) is 60.7 Å². The predicted molar refractivity (Wildman–Crippen MR) is 116 cm³/mol. The van der Waals surface area contributed by atoms with Crippen molar-refractivity contribution in [2.24, 2.45) is 0 Å². The first-order valence-electron chi connectivity index (χ1n) is 10.3. The summed E-state index contributed by atoms with van der Waals surface area (Å²) in [5.41, 5.74) is 1.27. The van der Waals surface area contributed by atoms with Crippen LogP contribution < -0.4 is 0 Å². The van der Waals surface area contributed by atoms with E-state index >= 15 is 0 Å². The number of carbonyl (C=O) groups excluding carboxylic acids is 1. The maximum Gasteiger partial charge on any atom is 0.461 e. The van der Waals surface area contributed by atoms with E-state index in [-0.39, 0.29) is 37.9 Å². The van der Waals surface area contributed by atoms with Crippen LogP contribution in [0.25, 0.3) is 0 Å². The largest absolute Gasteiger partial charge is 0.461 e. The Kier molecular flexibility index (Phi) is 6.50. The highest BCUT2D eigenvalue weighted by Gasteiger charge is 2.54. The Morgan fingerprint density at radius 2 is 1.45 bits per heavy atom. The van der Waals surface area contributed by atoms with E-state index in [1.54, 1.807) is 0 Å². The van der Waals surface area contributed by atoms with Crippen molar-refractivity contribution < 1.29 is 18.8 Å². The first kappa shape index (κ1) is 21.6. The van der Waals surface area contributed by atoms with Gasteiger partial charge >= 0.3 is 13.1 Å². The third-order valence-corrected chi connectivity index (χ3v) is 6.19. The van der Waals surface area contributed by atoms with Gasteiger partial charge in [0.05, 0.1) is 17.6 Å². The fraction of sp³-hybridized carbons (Fsp3) is 0.458. The Morgan fingerprint density at radius 1 is 0.931 bits per heavy atom. The van der Waals surface area contributed by atoms with Gasteiger partial charge in [0.15, 0.2) is 0 Å². The zero-order chi connectivity index (χ0) is 21.1. The molecule has 29 heavy (non-hydrogen) atoms. The molecule has 4 nitrogen and oxygen atoms in total. The van der Waals surface area contributed by atoms with Crippen molar-refractivity contribution in [3.05, 3.63) is 71.8 Å². The smallest absolute Gasteiger partial charge is 0.461 e. The van der Waals surface area contributed by atoms with E-state index in [1.807, 2.05) is 76.2 Å². The summed E-state index contributed by atoms with van der Waals surface area (Å²) in [4.78, 5) is 12.7. The molecule has 2 atom stereocenters. The number of ether oxygens (including phenoxy) is 1. The lowest BCUT2D eigenvalue weighted by molar-refractivity contribution is -0.145. The second-order valence-electron chi connectivity index (χ2n) is 8.85. The minimum Gasteiger partial charge on any atom is -0.461 e. The zero-order valence-corrected chi connectivity index (χ0v) is 18.1. The molecule has 3 rings (SSSR count). The van der Waals surface area contributed by atoms with Crippen LogP contribution in [-0.4, -0.2) is 24.3 Å². The summed E-state index contributed by atoms with van der Waals surface area (Å²) in [6, 6.07) is 19.8. The molecule has 0 aliphatic carbocycles. The number of rotatable bonds is 7. The highest BCUT2D eigenvalue weighted by atomic mass is 16.7. The molecule has 2 aromatic carbocycles. The van der Waals surface area contributed by atoms with Crippen molar-refractivity contribution in [1.29, 1.82) is 0 Å². The molecular formula is C24H31BO4. The summed E-state index contributed by atoms with van der Waals surface area (Å²) in [7, 11) is -0.382. The topological polar surface area (TPSA) is 44.8 Å². The molecule has 1 aliphatic heterocycles. The molecule has 1 saturated heterocycles. The standard InChI is InChI=1S/C24H31BO4/c1-18(25-28-23(2,3)24(4,5)29-25)21(20-14-10-7-11-15-20)16-22(26)27-17-19-12-8-6-9-13-19/h6-15,18,21H,16-17H2,1-5H3/t18-,21+/m0/s1. The molecule has 0 amide bonds. The van der Waals surface area contributed by atoms with Crippen LogP contribution in [0.3, 0.4) is 0 Å². The van der Waals surface area contributed by atoms with E-state index in [1.165, 1.54) is 0 Å². The van der Waals surface area contributed by atoms with Gasteiger partial charge in [-0.3, -0.25) is 4.79 Å². The van der Waals surface area contributed by atoms with Crippen LogP contribution in [0.5, 0.6) is 0 Å². The molecule has 1 fully saturated rings. The SMILES string of the molecule is C[C@H](B1OC(C)(C)C(C)(C)O1)[C@@H](CC(=O)OCc1ccccc1)c1ccccc1. The van der Waals surface area contributed by atoms with Gasteiger partial charge in [-0.05, 0) is 50.6 Å². The van der Waals surface area contributed by atoms with Crippen LogP contribution in [0.1, 0.15) is 58.1 Å². The molecule has 2 aromatic rings. The fourth-order valence-electron chi connectivity index (χ4n) is 3.58. The van der Waals surface area contributed by atoms with E-state index in [0.717, 1.165) is 11.1 Å². The first-order valence-corrected chi connectivity index (χ1v) is 10.3. The summed E-state index contributed by atoms with van der Waals surface area (Å²) in [5.74, 6) is -0.289. The van der Waals surface area contributed by atoms with E-state index in [9.17, 15) is 4.79 Å². The summed E-state index contributed by atoms with van der Waals surface area (Å²) >= 11 is 0. The summed E-state index contributed by atoms with van der Waals surface area (Å²) in [6.45, 7) is 10.6. The van der Waals surface area contributed by atoms with Crippen LogP contribution in [-0.2, 0) is 25.4 Å². The molecule has 0 bridgehead atoms. The number of esters is 1. The van der Waals surface area contributed by atoms with Crippen molar-refractivity contribution in [3.8, 4) is 0 Å². The third kappa shape index (κ3) is 5.09. The molecule has 0 N–H and O–H groups in total. The molecule has 0 aromatic heterocycles. The van der Waals surface area contributed by atoms with Crippen molar-refractivity contribution in [2.75, 3.05) is 0 Å². The van der Waals surface area contributed by atoms with Gasteiger partial charge in [-0.2, -0.15) is 0 Å². The van der Waals surface area contributed by atoms with Gasteiger partial charge in [0.25, 0.3) is 0 Å². The number of benzene rings is 2. The average Bonchev–Trinajstić information content (AvgIpc) is 2.92. The Labute approximate surface area is 174 Å². The number of hydrogen-bond donors (Lipinski definition) is 0. The molecule has 1 aliphatic rings. The van der Waals surface area contributed by atoms with Gasteiger partial charge in [-0.25, -0.2) is 0 Å². The molecule has 1 heterocycles. The van der Waals surface area contributed by atoms with Crippen molar-refractivity contribution in [1.82, 2.24) is 0 Å². The zero-order valence-electron chi connectivity index (χ0n) is 18.1. The lowest BCUT2D eigenvalue weighted by Gasteiger charge is -2.32. The Balaban J connectivity index is 1.72. The Bertz CT molecular complexity index is 788. The highest BCUT2D eigenvalue weighted by Crippen LogP contribution is 2.44. The minimum absolute atomic E-state index is 0.0114. The van der Waals surface area contributed by atoms with Crippen molar-refractivity contribution in [2.45, 2.75) is 70.6 Å². The number of carbonyl (C=O) groups is 1. The van der Waals surface area contributed by atoms with Crippen molar-refractivity contribution in [3.63, 3.8) is 0 Å². The predicted octanol–water partition coefficient (Wildman–Crippen LogP) is 5.39. The summed E-state index contributed by atoms with van der Waals surface area (Å²) in [6.07, 6.45) is 0.280. The van der Waals surface area contributed by atoms with Gasteiger partial charge in [0.2, 0.25) is 0 Å². The monoisotopic (exact) mass is 394 g/mol. The van der Waals surface area contributed by atoms with Crippen LogP contribution in [0.2, 0.25) is 5.82 Å². The van der Waals surface area contributed by atoms with E-state index < -0.39 is 11.2 Å². The Morgan fingerprint density at radius 3 is 2.00 bits per heavy atom.